The molecule has 172 valence electrons. The number of nitrogens with zero attached hydrogens (tertiary/aromatic N) is 4. The Morgan fingerprint density at radius 3 is 2.38 bits per heavy atom. The molecule has 0 radical (unpaired) electrons. The van der Waals surface area contributed by atoms with E-state index in [1.807, 2.05) is 42.7 Å². The average molecular weight is 468 g/mol. The second kappa shape index (κ2) is 9.03. The van der Waals surface area contributed by atoms with Gasteiger partial charge in [0.05, 0.1) is 30.0 Å². The van der Waals surface area contributed by atoms with Crippen LogP contribution in [0, 0.1) is 27.7 Å². The van der Waals surface area contributed by atoms with Gasteiger partial charge in [0.25, 0.3) is 0 Å². The van der Waals surface area contributed by atoms with Crippen molar-refractivity contribution < 1.29 is 0 Å². The summed E-state index contributed by atoms with van der Waals surface area (Å²) in [6.45, 7) is 9.38. The number of nitrogens with one attached hydrogen (secondary N) is 1. The summed E-state index contributed by atoms with van der Waals surface area (Å²) in [5.41, 5.74) is 9.45. The lowest BCUT2D eigenvalue weighted by Gasteiger charge is -2.28. The molecule has 1 fully saturated rings. The summed E-state index contributed by atoms with van der Waals surface area (Å²) in [6.07, 6.45) is 3.68. The minimum Gasteiger partial charge on any atom is -0.352 e. The fraction of sp³-hybridized carbons (Fsp3) is 0.250. The van der Waals surface area contributed by atoms with E-state index < -0.39 is 0 Å². The molecule has 0 spiro atoms. The Hall–Kier alpha value is -3.51. The van der Waals surface area contributed by atoms with Gasteiger partial charge in [0, 0.05) is 29.5 Å². The van der Waals surface area contributed by atoms with Gasteiger partial charge >= 0.3 is 0 Å². The lowest BCUT2D eigenvalue weighted by Crippen LogP contribution is -2.29. The Morgan fingerprint density at radius 2 is 1.68 bits per heavy atom. The highest BCUT2D eigenvalue weighted by atomic mass is 32.1. The summed E-state index contributed by atoms with van der Waals surface area (Å²) in [4.78, 5) is 11.5. The molecule has 5 rings (SSSR count). The third-order valence-electron chi connectivity index (χ3n) is 6.86. The molecule has 4 heterocycles. The van der Waals surface area contributed by atoms with Gasteiger partial charge in [-0.15, -0.1) is 0 Å². The van der Waals surface area contributed by atoms with E-state index in [-0.39, 0.29) is 12.1 Å². The van der Waals surface area contributed by atoms with Crippen molar-refractivity contribution >= 4 is 17.3 Å². The predicted octanol–water partition coefficient (Wildman–Crippen LogP) is 5.67. The average Bonchev–Trinajstić information content (AvgIpc) is 3.32. The molecule has 1 saturated heterocycles. The van der Waals surface area contributed by atoms with Crippen molar-refractivity contribution in [1.29, 1.82) is 0 Å². The van der Waals surface area contributed by atoms with Crippen LogP contribution in [-0.4, -0.2) is 24.5 Å². The van der Waals surface area contributed by atoms with Gasteiger partial charge in [-0.1, -0.05) is 24.3 Å². The monoisotopic (exact) mass is 467 g/mol. The number of hydrogen-bond acceptors (Lipinski definition) is 3. The molecule has 4 aromatic rings. The van der Waals surface area contributed by atoms with Gasteiger partial charge in [-0.25, -0.2) is 0 Å². The number of benzene rings is 1. The van der Waals surface area contributed by atoms with E-state index in [2.05, 4.69) is 82.8 Å². The fourth-order valence-electron chi connectivity index (χ4n) is 5.02. The molecule has 1 N–H and O–H groups in total. The van der Waals surface area contributed by atoms with E-state index in [0.717, 1.165) is 16.5 Å². The van der Waals surface area contributed by atoms with Gasteiger partial charge in [0.2, 0.25) is 0 Å². The van der Waals surface area contributed by atoms with Crippen LogP contribution in [0.25, 0.3) is 5.69 Å². The molecule has 6 heteroatoms. The quantitative estimate of drug-likeness (QED) is 0.383. The molecule has 3 aromatic heterocycles. The molecule has 1 aliphatic rings. The van der Waals surface area contributed by atoms with Crippen molar-refractivity contribution in [2.75, 3.05) is 0 Å². The maximum Gasteiger partial charge on any atom is 0.170 e. The molecule has 34 heavy (non-hydrogen) atoms. The molecular formula is C28H29N5S. The first-order valence-electron chi connectivity index (χ1n) is 11.6. The van der Waals surface area contributed by atoms with E-state index in [1.54, 1.807) is 0 Å². The number of aryl methyl sites for hydroxylation is 2. The maximum atomic E-state index is 5.86. The topological polar surface area (TPSA) is 46.0 Å². The Morgan fingerprint density at radius 1 is 0.912 bits per heavy atom. The summed E-state index contributed by atoms with van der Waals surface area (Å²) in [5.74, 6) is 0. The van der Waals surface area contributed by atoms with Crippen LogP contribution in [0.15, 0.2) is 73.1 Å². The molecule has 0 aliphatic carbocycles. The van der Waals surface area contributed by atoms with Crippen LogP contribution in [-0.2, 0) is 6.54 Å². The van der Waals surface area contributed by atoms with Crippen molar-refractivity contribution in [1.82, 2.24) is 24.8 Å². The van der Waals surface area contributed by atoms with Gasteiger partial charge in [0.15, 0.2) is 5.11 Å². The second-order valence-electron chi connectivity index (χ2n) is 8.96. The number of aromatic nitrogens is 3. The highest BCUT2D eigenvalue weighted by Crippen LogP contribution is 2.42. The van der Waals surface area contributed by atoms with E-state index in [4.69, 9.17) is 12.2 Å². The van der Waals surface area contributed by atoms with Crippen LogP contribution in [0.5, 0.6) is 0 Å². The lowest BCUT2D eigenvalue weighted by molar-refractivity contribution is 0.307. The molecule has 1 aromatic carbocycles. The standard InChI is InChI=1S/C28H29N5S/c1-18-10-9-13-25(20(18)3)33-19(2)16-23(21(33)4)27-26(24-12-6-8-15-30-24)31-28(34)32(27)17-22-11-5-7-14-29-22/h5-16,26-27H,17H2,1-4H3,(H,31,34)/t26-,27-/m0/s1. The maximum absolute atomic E-state index is 5.86. The van der Waals surface area contributed by atoms with E-state index >= 15 is 0 Å². The zero-order valence-electron chi connectivity index (χ0n) is 20.0. The minimum atomic E-state index is -0.0510. The second-order valence-corrected chi connectivity index (χ2v) is 9.34. The minimum absolute atomic E-state index is 0.00512. The third kappa shape index (κ3) is 3.88. The first kappa shape index (κ1) is 22.3. The van der Waals surface area contributed by atoms with Crippen LogP contribution in [0.1, 0.15) is 51.5 Å². The summed E-state index contributed by atoms with van der Waals surface area (Å²) in [7, 11) is 0. The van der Waals surface area contributed by atoms with Gasteiger partial charge in [0.1, 0.15) is 0 Å². The number of pyridine rings is 2. The fourth-order valence-corrected chi connectivity index (χ4v) is 5.32. The van der Waals surface area contributed by atoms with Gasteiger partial charge in [-0.05, 0) is 93.0 Å². The van der Waals surface area contributed by atoms with Crippen molar-refractivity contribution in [3.05, 3.63) is 113 Å². The van der Waals surface area contributed by atoms with E-state index in [1.165, 1.54) is 33.8 Å². The van der Waals surface area contributed by atoms with Crippen LogP contribution < -0.4 is 5.32 Å². The molecular weight excluding hydrogens is 438 g/mol. The van der Waals surface area contributed by atoms with Crippen molar-refractivity contribution in [3.63, 3.8) is 0 Å². The lowest BCUT2D eigenvalue weighted by atomic mass is 9.96. The number of thiocarbonyl (C=S) groups is 1. The van der Waals surface area contributed by atoms with Crippen LogP contribution >= 0.6 is 12.2 Å². The zero-order valence-corrected chi connectivity index (χ0v) is 20.8. The van der Waals surface area contributed by atoms with E-state index in [9.17, 15) is 0 Å². The molecule has 1 aliphatic heterocycles. The number of rotatable bonds is 5. The molecule has 0 saturated carbocycles. The first-order valence-corrected chi connectivity index (χ1v) is 12.0. The van der Waals surface area contributed by atoms with Crippen molar-refractivity contribution in [2.45, 2.75) is 46.3 Å². The number of hydrogen-bond donors (Lipinski definition) is 1. The van der Waals surface area contributed by atoms with Crippen LogP contribution in [0.4, 0.5) is 0 Å². The third-order valence-corrected chi connectivity index (χ3v) is 7.21. The molecule has 0 bridgehead atoms. The smallest absolute Gasteiger partial charge is 0.170 e. The summed E-state index contributed by atoms with van der Waals surface area (Å²) < 4.78 is 2.37. The Balaban J connectivity index is 1.64. The summed E-state index contributed by atoms with van der Waals surface area (Å²) >= 11 is 5.86. The summed E-state index contributed by atoms with van der Waals surface area (Å²) in [5, 5.41) is 4.29. The van der Waals surface area contributed by atoms with Crippen molar-refractivity contribution in [2.24, 2.45) is 0 Å². The molecule has 0 amide bonds. The highest BCUT2D eigenvalue weighted by molar-refractivity contribution is 7.80. The highest BCUT2D eigenvalue weighted by Gasteiger charge is 2.41. The zero-order chi connectivity index (χ0) is 23.8. The first-order chi connectivity index (χ1) is 16.5. The van der Waals surface area contributed by atoms with E-state index in [0.29, 0.717) is 6.54 Å². The van der Waals surface area contributed by atoms with Crippen LogP contribution in [0.2, 0.25) is 0 Å². The normalized spacial score (nSPS) is 17.8. The Labute approximate surface area is 206 Å². The molecule has 5 nitrogen and oxygen atoms in total. The SMILES string of the molecule is Cc1cccc(-n2c(C)cc([C@H]3[C@H](c4ccccn4)NC(=S)N3Cc3ccccn3)c2C)c1C. The predicted molar refractivity (Wildman–Crippen MR) is 140 cm³/mol. The van der Waals surface area contributed by atoms with Gasteiger partial charge in [-0.2, -0.15) is 0 Å². The summed E-state index contributed by atoms with van der Waals surface area (Å²) in [6, 6.07) is 20.8. The molecule has 0 unspecified atom stereocenters. The Bertz CT molecular complexity index is 1330. The Kier molecular flexibility index (Phi) is 5.92. The van der Waals surface area contributed by atoms with Crippen molar-refractivity contribution in [3.8, 4) is 5.69 Å². The van der Waals surface area contributed by atoms with Crippen LogP contribution in [0.3, 0.4) is 0 Å². The van der Waals surface area contributed by atoms with Gasteiger partial charge < -0.3 is 14.8 Å². The molecule has 2 atom stereocenters. The largest absolute Gasteiger partial charge is 0.352 e. The van der Waals surface area contributed by atoms with Gasteiger partial charge in [-0.3, -0.25) is 9.97 Å².